The Morgan fingerprint density at radius 2 is 1.80 bits per heavy atom. The fourth-order valence-electron chi connectivity index (χ4n) is 1.90. The van der Waals surface area contributed by atoms with E-state index in [2.05, 4.69) is 0 Å². The van der Waals surface area contributed by atoms with Crippen LogP contribution in [-0.2, 0) is 4.79 Å². The highest BCUT2D eigenvalue weighted by Gasteiger charge is 2.25. The van der Waals surface area contributed by atoms with Gasteiger partial charge in [0.05, 0.1) is 0 Å². The third-order valence-electron chi connectivity index (χ3n) is 2.96. The summed E-state index contributed by atoms with van der Waals surface area (Å²) in [7, 11) is 0. The molecule has 0 N–H and O–H groups in total. The molecule has 2 heterocycles. The summed E-state index contributed by atoms with van der Waals surface area (Å²) in [5.74, 6) is -0.342. The largest absolute Gasteiger partial charge is 0.871 e. The van der Waals surface area contributed by atoms with Crippen molar-refractivity contribution < 1.29 is 9.90 Å². The highest BCUT2D eigenvalue weighted by molar-refractivity contribution is 8.04. The molecule has 0 radical (unpaired) electrons. The SMILES string of the molecule is O=C1C(=Cc2cc[s+]cc2)C([O-])=C1C=C1C=CSC=C1. The van der Waals surface area contributed by atoms with E-state index in [9.17, 15) is 9.90 Å². The Balaban J connectivity index is 1.90. The first-order valence-corrected chi connectivity index (χ1v) is 7.88. The van der Waals surface area contributed by atoms with Gasteiger partial charge in [0, 0.05) is 23.3 Å². The van der Waals surface area contributed by atoms with Gasteiger partial charge in [-0.1, -0.05) is 5.76 Å². The first kappa shape index (κ1) is 13.1. The van der Waals surface area contributed by atoms with Gasteiger partial charge < -0.3 is 5.11 Å². The zero-order chi connectivity index (χ0) is 13.9. The van der Waals surface area contributed by atoms with Crippen molar-refractivity contribution in [1.29, 1.82) is 0 Å². The topological polar surface area (TPSA) is 40.1 Å². The minimum atomic E-state index is -0.171. The van der Waals surface area contributed by atoms with E-state index in [0.717, 1.165) is 11.1 Å². The molecule has 0 aromatic carbocycles. The van der Waals surface area contributed by atoms with Crippen LogP contribution in [0.5, 0.6) is 0 Å². The zero-order valence-corrected chi connectivity index (χ0v) is 12.0. The molecule has 3 rings (SSSR count). The smallest absolute Gasteiger partial charge is 0.211 e. The maximum atomic E-state index is 12.0. The molecular weight excluding hydrogens is 288 g/mol. The summed E-state index contributed by atoms with van der Waals surface area (Å²) >= 11 is 3.13. The average Bonchev–Trinajstić information content (AvgIpc) is 2.52. The monoisotopic (exact) mass is 298 g/mol. The number of allylic oxidation sites excluding steroid dienone is 6. The number of hydrogen-bond donors (Lipinski definition) is 0. The number of hydrogen-bond acceptors (Lipinski definition) is 3. The Kier molecular flexibility index (Phi) is 3.67. The molecule has 0 atom stereocenters. The zero-order valence-electron chi connectivity index (χ0n) is 10.4. The maximum Gasteiger partial charge on any atom is 0.211 e. The quantitative estimate of drug-likeness (QED) is 0.621. The molecule has 98 valence electrons. The molecule has 0 spiro atoms. The summed E-state index contributed by atoms with van der Waals surface area (Å²) < 4.78 is 0. The highest BCUT2D eigenvalue weighted by atomic mass is 32.2. The number of ketones is 1. The third-order valence-corrected chi connectivity index (χ3v) is 4.13. The molecule has 2 nitrogen and oxygen atoms in total. The number of carbonyl (C=O) groups excluding carboxylic acids is 1. The van der Waals surface area contributed by atoms with Crippen LogP contribution in [0.4, 0.5) is 0 Å². The molecule has 4 heteroatoms. The van der Waals surface area contributed by atoms with Crippen LogP contribution in [0.25, 0.3) is 6.08 Å². The molecule has 0 bridgehead atoms. The van der Waals surface area contributed by atoms with Crippen molar-refractivity contribution in [3.63, 3.8) is 0 Å². The van der Waals surface area contributed by atoms with E-state index in [1.807, 2.05) is 45.9 Å². The normalized spacial score (nSPS) is 19.5. The van der Waals surface area contributed by atoms with Gasteiger partial charge in [0.15, 0.2) is 16.5 Å². The van der Waals surface area contributed by atoms with Crippen LogP contribution in [0, 0.1) is 0 Å². The summed E-state index contributed by atoms with van der Waals surface area (Å²) in [6.07, 6.45) is 7.08. The number of carbonyl (C=O) groups is 1. The standard InChI is InChI=1S/C16H10O2S2/c17-15-13(9-11-1-5-19-6-2-11)16(18)14(15)10-12-3-7-20-8-4-12/h1-10H. The van der Waals surface area contributed by atoms with Crippen molar-refractivity contribution in [3.8, 4) is 0 Å². The Morgan fingerprint density at radius 3 is 2.45 bits per heavy atom. The van der Waals surface area contributed by atoms with Crippen LogP contribution < -0.4 is 5.11 Å². The Morgan fingerprint density at radius 1 is 1.10 bits per heavy atom. The van der Waals surface area contributed by atoms with E-state index in [4.69, 9.17) is 0 Å². The number of thioether (sulfide) groups is 1. The second kappa shape index (κ2) is 5.61. The fraction of sp³-hybridized carbons (Fsp3) is 0. The van der Waals surface area contributed by atoms with E-state index in [-0.39, 0.29) is 22.7 Å². The molecule has 0 saturated heterocycles. The summed E-state index contributed by atoms with van der Waals surface area (Å²) in [6, 6.07) is 3.77. The van der Waals surface area contributed by atoms with Crippen molar-refractivity contribution in [2.24, 2.45) is 0 Å². The molecule has 1 aromatic rings. The Hall–Kier alpha value is -1.91. The minimum Gasteiger partial charge on any atom is -0.871 e. The van der Waals surface area contributed by atoms with Crippen molar-refractivity contribution in [3.05, 3.63) is 80.0 Å². The number of Topliss-reactive ketones (excluding diaryl/α,β-unsaturated/α-hetero) is 1. The molecule has 1 aliphatic heterocycles. The first-order valence-electron chi connectivity index (χ1n) is 5.99. The average molecular weight is 298 g/mol. The van der Waals surface area contributed by atoms with Gasteiger partial charge in [-0.25, -0.2) is 0 Å². The van der Waals surface area contributed by atoms with E-state index in [1.165, 1.54) is 0 Å². The molecule has 0 unspecified atom stereocenters. The lowest BCUT2D eigenvalue weighted by atomic mass is 9.85. The van der Waals surface area contributed by atoms with Crippen molar-refractivity contribution in [2.75, 3.05) is 0 Å². The fourth-order valence-corrected chi connectivity index (χ4v) is 3.02. The van der Waals surface area contributed by atoms with E-state index in [0.29, 0.717) is 0 Å². The lowest BCUT2D eigenvalue weighted by Crippen LogP contribution is -2.29. The molecule has 1 aromatic heterocycles. The second-order valence-corrected chi connectivity index (χ2v) is 5.89. The lowest BCUT2D eigenvalue weighted by molar-refractivity contribution is -0.300. The molecular formula is C16H10O2S2. The van der Waals surface area contributed by atoms with Crippen LogP contribution in [-0.4, -0.2) is 5.78 Å². The number of rotatable bonds is 2. The van der Waals surface area contributed by atoms with E-state index in [1.54, 1.807) is 35.3 Å². The van der Waals surface area contributed by atoms with Crippen molar-refractivity contribution in [1.82, 2.24) is 0 Å². The molecule has 0 amide bonds. The molecule has 0 fully saturated rings. The molecule has 0 saturated carbocycles. The van der Waals surface area contributed by atoms with E-state index >= 15 is 0 Å². The van der Waals surface area contributed by atoms with E-state index < -0.39 is 0 Å². The van der Waals surface area contributed by atoms with Gasteiger partial charge in [-0.05, 0) is 46.3 Å². The van der Waals surface area contributed by atoms with Crippen LogP contribution in [0.1, 0.15) is 5.56 Å². The van der Waals surface area contributed by atoms with Crippen LogP contribution in [0.15, 0.2) is 74.4 Å². The summed E-state index contributed by atoms with van der Waals surface area (Å²) in [5, 5.41) is 19.7. The molecule has 1 aliphatic carbocycles. The van der Waals surface area contributed by atoms with Gasteiger partial charge in [0.25, 0.3) is 0 Å². The maximum absolute atomic E-state index is 12.0. The van der Waals surface area contributed by atoms with Gasteiger partial charge in [-0.2, -0.15) is 0 Å². The predicted molar refractivity (Wildman–Crippen MR) is 82.7 cm³/mol. The Labute approximate surface area is 125 Å². The lowest BCUT2D eigenvalue weighted by Gasteiger charge is -2.29. The van der Waals surface area contributed by atoms with Crippen LogP contribution >= 0.6 is 23.1 Å². The van der Waals surface area contributed by atoms with Gasteiger partial charge in [0.1, 0.15) is 0 Å². The van der Waals surface area contributed by atoms with Gasteiger partial charge in [-0.3, -0.25) is 4.79 Å². The van der Waals surface area contributed by atoms with Gasteiger partial charge >= 0.3 is 0 Å². The Bertz CT molecular complexity index is 693. The summed E-state index contributed by atoms with van der Waals surface area (Å²) in [6.45, 7) is 0. The predicted octanol–water partition coefficient (Wildman–Crippen LogP) is 3.31. The third kappa shape index (κ3) is 2.53. The minimum absolute atomic E-state index is 0.171. The van der Waals surface area contributed by atoms with Crippen LogP contribution in [0.2, 0.25) is 0 Å². The van der Waals surface area contributed by atoms with Crippen LogP contribution in [0.3, 0.4) is 0 Å². The van der Waals surface area contributed by atoms with Crippen molar-refractivity contribution >= 4 is 35.0 Å². The molecule has 2 aliphatic rings. The summed E-state index contributed by atoms with van der Waals surface area (Å²) in [5.41, 5.74) is 2.29. The molecule has 20 heavy (non-hydrogen) atoms. The first-order chi connectivity index (χ1) is 9.75. The highest BCUT2D eigenvalue weighted by Crippen LogP contribution is 2.31. The second-order valence-electron chi connectivity index (χ2n) is 4.26. The summed E-state index contributed by atoms with van der Waals surface area (Å²) in [4.78, 5) is 12.0. The van der Waals surface area contributed by atoms with Gasteiger partial charge in [-0.15, -0.1) is 11.8 Å². The van der Waals surface area contributed by atoms with Crippen molar-refractivity contribution in [2.45, 2.75) is 0 Å². The van der Waals surface area contributed by atoms with Gasteiger partial charge in [0.2, 0.25) is 11.3 Å².